The van der Waals surface area contributed by atoms with E-state index >= 15 is 0 Å². The fraction of sp³-hybridized carbons (Fsp3) is 0.0952. The molecule has 1 N–H and O–H groups in total. The van der Waals surface area contributed by atoms with E-state index in [9.17, 15) is 26.7 Å². The minimum atomic E-state index is -4.58. The number of nitrogens with one attached hydrogen (secondary N) is 1. The molecule has 8 heteroatoms. The van der Waals surface area contributed by atoms with Gasteiger partial charge in [0.1, 0.15) is 28.7 Å². The van der Waals surface area contributed by atoms with Gasteiger partial charge in [-0.25, -0.2) is 8.78 Å². The molecule has 0 fully saturated rings. The van der Waals surface area contributed by atoms with Gasteiger partial charge < -0.3 is 10.1 Å². The lowest BCUT2D eigenvalue weighted by Crippen LogP contribution is -2.16. The third-order valence-electron chi connectivity index (χ3n) is 4.04. The number of hydrogen-bond acceptors (Lipinski definition) is 2. The summed E-state index contributed by atoms with van der Waals surface area (Å²) in [6.07, 6.45) is -4.58. The van der Waals surface area contributed by atoms with Gasteiger partial charge in [-0.15, -0.1) is 0 Å². The van der Waals surface area contributed by atoms with Crippen molar-refractivity contribution in [2.24, 2.45) is 0 Å². The summed E-state index contributed by atoms with van der Waals surface area (Å²) in [5, 5.41) is 2.34. The van der Waals surface area contributed by atoms with Crippen LogP contribution in [0, 0.1) is 18.6 Å². The Morgan fingerprint density at radius 1 is 0.931 bits per heavy atom. The highest BCUT2D eigenvalue weighted by atomic mass is 19.4. The summed E-state index contributed by atoms with van der Waals surface area (Å²) in [6, 6.07) is 12.3. The van der Waals surface area contributed by atoms with E-state index in [1.807, 2.05) is 0 Å². The Hall–Kier alpha value is -3.42. The average Bonchev–Trinajstić information content (AvgIpc) is 2.66. The molecule has 0 saturated heterocycles. The summed E-state index contributed by atoms with van der Waals surface area (Å²) in [5.74, 6) is -3.24. The van der Waals surface area contributed by atoms with Gasteiger partial charge in [0.2, 0.25) is 0 Å². The van der Waals surface area contributed by atoms with Crippen LogP contribution in [0.3, 0.4) is 0 Å². The molecular weight excluding hydrogens is 393 g/mol. The Bertz CT molecular complexity index is 1050. The lowest BCUT2D eigenvalue weighted by molar-refractivity contribution is -0.138. The minimum Gasteiger partial charge on any atom is -0.457 e. The number of carbonyl (C=O) groups is 1. The number of para-hydroxylation sites is 1. The molecule has 0 atom stereocenters. The molecule has 0 saturated carbocycles. The maximum atomic E-state index is 14.0. The fourth-order valence-corrected chi connectivity index (χ4v) is 2.58. The number of ether oxygens (including phenoxy) is 1. The molecule has 0 unspecified atom stereocenters. The number of carbonyl (C=O) groups excluding carboxylic acids is 1. The molecule has 0 aromatic heterocycles. The molecule has 0 aliphatic rings. The van der Waals surface area contributed by atoms with Crippen LogP contribution in [0.1, 0.15) is 21.5 Å². The smallest absolute Gasteiger partial charge is 0.419 e. The summed E-state index contributed by atoms with van der Waals surface area (Å²) < 4.78 is 72.2. The number of alkyl halides is 3. The molecule has 29 heavy (non-hydrogen) atoms. The molecule has 1 amide bonds. The van der Waals surface area contributed by atoms with Crippen molar-refractivity contribution in [1.29, 1.82) is 0 Å². The first-order valence-electron chi connectivity index (χ1n) is 8.37. The van der Waals surface area contributed by atoms with Crippen molar-refractivity contribution in [3.05, 3.63) is 89.0 Å². The van der Waals surface area contributed by atoms with Crippen LogP contribution in [0.4, 0.5) is 27.6 Å². The van der Waals surface area contributed by atoms with E-state index in [2.05, 4.69) is 5.32 Å². The molecule has 0 radical (unpaired) electrons. The molecule has 0 heterocycles. The Kier molecular flexibility index (Phi) is 5.54. The molecular formula is C21H14F5NO2. The summed E-state index contributed by atoms with van der Waals surface area (Å²) in [4.78, 5) is 12.2. The maximum absolute atomic E-state index is 14.0. The number of halogens is 5. The van der Waals surface area contributed by atoms with E-state index in [-0.39, 0.29) is 22.7 Å². The Labute approximate surface area is 162 Å². The monoisotopic (exact) mass is 407 g/mol. The Morgan fingerprint density at radius 3 is 2.24 bits per heavy atom. The molecule has 0 spiro atoms. The van der Waals surface area contributed by atoms with Crippen LogP contribution < -0.4 is 10.1 Å². The SMILES string of the molecule is Cc1ccc(F)c(C(=O)Nc2ccc(Oc3ccccc3C(F)(F)F)cc2)c1F. The number of aryl methyl sites for hydroxylation is 1. The molecule has 3 nitrogen and oxygen atoms in total. The highest BCUT2D eigenvalue weighted by molar-refractivity contribution is 6.04. The molecule has 0 bridgehead atoms. The average molecular weight is 407 g/mol. The van der Waals surface area contributed by atoms with Crippen molar-refractivity contribution in [3.8, 4) is 11.5 Å². The molecule has 150 valence electrons. The standard InChI is InChI=1S/C21H14F5NO2/c1-12-6-11-16(22)18(19(12)23)20(28)27-13-7-9-14(10-8-13)29-17-5-3-2-4-15(17)21(24,25)26/h2-11H,1H3,(H,27,28). The zero-order valence-electron chi connectivity index (χ0n) is 15.0. The zero-order chi connectivity index (χ0) is 21.2. The third-order valence-corrected chi connectivity index (χ3v) is 4.04. The second-order valence-corrected chi connectivity index (χ2v) is 6.13. The van der Waals surface area contributed by atoms with Crippen LogP contribution in [0.5, 0.6) is 11.5 Å². The fourth-order valence-electron chi connectivity index (χ4n) is 2.58. The zero-order valence-corrected chi connectivity index (χ0v) is 15.0. The van der Waals surface area contributed by atoms with Crippen molar-refractivity contribution < 1.29 is 31.5 Å². The van der Waals surface area contributed by atoms with E-state index in [4.69, 9.17) is 4.74 Å². The summed E-state index contributed by atoms with van der Waals surface area (Å²) in [7, 11) is 0. The molecule has 0 aliphatic heterocycles. The highest BCUT2D eigenvalue weighted by Gasteiger charge is 2.34. The largest absolute Gasteiger partial charge is 0.457 e. The van der Waals surface area contributed by atoms with Crippen LogP contribution in [-0.2, 0) is 6.18 Å². The van der Waals surface area contributed by atoms with Gasteiger partial charge in [-0.1, -0.05) is 18.2 Å². The van der Waals surface area contributed by atoms with Gasteiger partial charge in [-0.05, 0) is 55.0 Å². The lowest BCUT2D eigenvalue weighted by atomic mass is 10.1. The molecule has 3 aromatic rings. The first-order chi connectivity index (χ1) is 13.7. The van der Waals surface area contributed by atoms with Crippen molar-refractivity contribution in [1.82, 2.24) is 0 Å². The number of hydrogen-bond donors (Lipinski definition) is 1. The minimum absolute atomic E-state index is 0.0904. The summed E-state index contributed by atoms with van der Waals surface area (Å²) >= 11 is 0. The van der Waals surface area contributed by atoms with E-state index in [1.54, 1.807) is 0 Å². The van der Waals surface area contributed by atoms with Gasteiger partial charge in [-0.3, -0.25) is 4.79 Å². The summed E-state index contributed by atoms with van der Waals surface area (Å²) in [6.45, 7) is 1.40. The number of anilines is 1. The lowest BCUT2D eigenvalue weighted by Gasteiger charge is -2.14. The normalized spacial score (nSPS) is 11.2. The number of amides is 1. The van der Waals surface area contributed by atoms with Gasteiger partial charge in [0.05, 0.1) is 5.56 Å². The van der Waals surface area contributed by atoms with Crippen LogP contribution >= 0.6 is 0 Å². The second-order valence-electron chi connectivity index (χ2n) is 6.13. The van der Waals surface area contributed by atoms with Gasteiger partial charge in [0.15, 0.2) is 0 Å². The predicted octanol–water partition coefficient (Wildman–Crippen LogP) is 6.34. The molecule has 3 rings (SSSR count). The van der Waals surface area contributed by atoms with E-state index in [0.717, 1.165) is 12.1 Å². The van der Waals surface area contributed by atoms with E-state index < -0.39 is 34.8 Å². The van der Waals surface area contributed by atoms with Crippen LogP contribution in [0.25, 0.3) is 0 Å². The van der Waals surface area contributed by atoms with Crippen molar-refractivity contribution >= 4 is 11.6 Å². The van der Waals surface area contributed by atoms with Crippen LogP contribution in [-0.4, -0.2) is 5.91 Å². The second kappa shape index (κ2) is 7.90. The van der Waals surface area contributed by atoms with Gasteiger partial charge in [0, 0.05) is 5.69 Å². The van der Waals surface area contributed by atoms with Crippen LogP contribution in [0.15, 0.2) is 60.7 Å². The van der Waals surface area contributed by atoms with Gasteiger partial charge in [0.25, 0.3) is 5.91 Å². The van der Waals surface area contributed by atoms with E-state index in [1.165, 1.54) is 55.5 Å². The van der Waals surface area contributed by atoms with E-state index in [0.29, 0.717) is 0 Å². The topological polar surface area (TPSA) is 38.3 Å². The van der Waals surface area contributed by atoms with Gasteiger partial charge >= 0.3 is 6.18 Å². The Morgan fingerprint density at radius 2 is 1.59 bits per heavy atom. The number of rotatable bonds is 4. The van der Waals surface area contributed by atoms with Crippen molar-refractivity contribution in [2.45, 2.75) is 13.1 Å². The first kappa shape index (κ1) is 20.3. The summed E-state index contributed by atoms with van der Waals surface area (Å²) in [5.41, 5.74) is -1.34. The molecule has 0 aliphatic carbocycles. The third kappa shape index (κ3) is 4.53. The Balaban J connectivity index is 1.77. The van der Waals surface area contributed by atoms with Crippen molar-refractivity contribution in [3.63, 3.8) is 0 Å². The molecule has 3 aromatic carbocycles. The first-order valence-corrected chi connectivity index (χ1v) is 8.37. The number of benzene rings is 3. The highest BCUT2D eigenvalue weighted by Crippen LogP contribution is 2.38. The predicted molar refractivity (Wildman–Crippen MR) is 97.0 cm³/mol. The van der Waals surface area contributed by atoms with Crippen molar-refractivity contribution in [2.75, 3.05) is 5.32 Å². The quantitative estimate of drug-likeness (QED) is 0.513. The van der Waals surface area contributed by atoms with Crippen LogP contribution in [0.2, 0.25) is 0 Å². The maximum Gasteiger partial charge on any atom is 0.419 e. The van der Waals surface area contributed by atoms with Gasteiger partial charge in [-0.2, -0.15) is 13.2 Å².